The zero-order valence-electron chi connectivity index (χ0n) is 14.2. The van der Waals surface area contributed by atoms with Gasteiger partial charge in [-0.05, 0) is 48.9 Å². The highest BCUT2D eigenvalue weighted by Gasteiger charge is 2.13. The maximum Gasteiger partial charge on any atom is 0.257 e. The molecule has 0 heterocycles. The molecule has 2 N–H and O–H groups in total. The highest BCUT2D eigenvalue weighted by molar-refractivity contribution is 6.44. The van der Waals surface area contributed by atoms with Crippen LogP contribution in [0, 0.1) is 0 Å². The molecule has 0 fully saturated rings. The Labute approximate surface area is 163 Å². The fourth-order valence-electron chi connectivity index (χ4n) is 2.60. The van der Waals surface area contributed by atoms with Crippen molar-refractivity contribution in [1.29, 1.82) is 0 Å². The van der Waals surface area contributed by atoms with Gasteiger partial charge in [-0.2, -0.15) is 0 Å². The van der Waals surface area contributed by atoms with Crippen LogP contribution in [0.1, 0.15) is 28.9 Å². The molecule has 1 amide bonds. The molecule has 0 saturated carbocycles. The van der Waals surface area contributed by atoms with Crippen LogP contribution < -0.4 is 10.6 Å². The number of benzene rings is 3. The van der Waals surface area contributed by atoms with Gasteiger partial charge in [-0.1, -0.05) is 59.6 Å². The number of halogens is 2. The summed E-state index contributed by atoms with van der Waals surface area (Å²) in [6, 6.07) is 22.9. The number of hydrogen-bond donors (Lipinski definition) is 2. The second-order valence-corrected chi connectivity index (χ2v) is 6.69. The monoisotopic (exact) mass is 384 g/mol. The van der Waals surface area contributed by atoms with Crippen molar-refractivity contribution < 1.29 is 4.79 Å². The molecule has 0 aliphatic carbocycles. The number of rotatable bonds is 5. The van der Waals surface area contributed by atoms with E-state index in [9.17, 15) is 4.79 Å². The summed E-state index contributed by atoms with van der Waals surface area (Å²) in [5.74, 6) is -0.295. The minimum atomic E-state index is -0.295. The lowest BCUT2D eigenvalue weighted by Gasteiger charge is -2.16. The molecule has 1 atom stereocenters. The van der Waals surface area contributed by atoms with Crippen LogP contribution in [0.25, 0.3) is 0 Å². The fourth-order valence-corrected chi connectivity index (χ4v) is 2.99. The first-order valence-corrected chi connectivity index (χ1v) is 8.97. The first-order valence-electron chi connectivity index (χ1n) is 8.21. The van der Waals surface area contributed by atoms with Gasteiger partial charge in [0.1, 0.15) is 0 Å². The fraction of sp³-hybridized carbons (Fsp3) is 0.0952. The molecule has 0 aliphatic heterocycles. The summed E-state index contributed by atoms with van der Waals surface area (Å²) < 4.78 is 0. The standard InChI is InChI=1S/C21H18Cl2N2O/c1-14(15-6-3-2-4-7-15)24-16-10-12-17(13-11-16)25-21(26)18-8-5-9-19(22)20(18)23/h2-14,24H,1H3,(H,25,26). The lowest BCUT2D eigenvalue weighted by Crippen LogP contribution is -2.12. The molecule has 3 rings (SSSR count). The number of hydrogen-bond acceptors (Lipinski definition) is 2. The van der Waals surface area contributed by atoms with E-state index in [-0.39, 0.29) is 17.0 Å². The summed E-state index contributed by atoms with van der Waals surface area (Å²) in [5, 5.41) is 6.87. The van der Waals surface area contributed by atoms with E-state index in [1.54, 1.807) is 18.2 Å². The van der Waals surface area contributed by atoms with E-state index in [0.29, 0.717) is 16.3 Å². The average molecular weight is 385 g/mol. The molecule has 0 saturated heterocycles. The molecule has 5 heteroatoms. The van der Waals surface area contributed by atoms with E-state index in [0.717, 1.165) is 5.69 Å². The Hall–Kier alpha value is -2.49. The molecular formula is C21H18Cl2N2O. The van der Waals surface area contributed by atoms with Crippen LogP contribution in [0.3, 0.4) is 0 Å². The van der Waals surface area contributed by atoms with Crippen LogP contribution in [0.4, 0.5) is 11.4 Å². The van der Waals surface area contributed by atoms with Crippen molar-refractivity contribution in [3.05, 3.63) is 94.0 Å². The minimum Gasteiger partial charge on any atom is -0.379 e. The topological polar surface area (TPSA) is 41.1 Å². The third-order valence-corrected chi connectivity index (χ3v) is 4.84. The normalized spacial score (nSPS) is 11.7. The van der Waals surface area contributed by atoms with Crippen LogP contribution in [-0.4, -0.2) is 5.91 Å². The highest BCUT2D eigenvalue weighted by atomic mass is 35.5. The molecule has 132 valence electrons. The van der Waals surface area contributed by atoms with E-state index < -0.39 is 0 Å². The van der Waals surface area contributed by atoms with Crippen LogP contribution >= 0.6 is 23.2 Å². The summed E-state index contributed by atoms with van der Waals surface area (Å²) >= 11 is 12.1. The van der Waals surface area contributed by atoms with Gasteiger partial charge in [-0.3, -0.25) is 4.79 Å². The maximum absolute atomic E-state index is 12.4. The maximum atomic E-state index is 12.4. The van der Waals surface area contributed by atoms with Gasteiger partial charge >= 0.3 is 0 Å². The number of amides is 1. The predicted octanol–water partition coefficient (Wildman–Crippen LogP) is 6.42. The molecule has 1 unspecified atom stereocenters. The third kappa shape index (κ3) is 4.37. The minimum absolute atomic E-state index is 0.182. The van der Waals surface area contributed by atoms with Crippen molar-refractivity contribution >= 4 is 40.5 Å². The van der Waals surface area contributed by atoms with Crippen molar-refractivity contribution in [2.24, 2.45) is 0 Å². The molecule has 0 aromatic heterocycles. The number of carbonyl (C=O) groups excluding carboxylic acids is 1. The van der Waals surface area contributed by atoms with Gasteiger partial charge in [-0.15, -0.1) is 0 Å². The Morgan fingerprint density at radius 3 is 2.19 bits per heavy atom. The van der Waals surface area contributed by atoms with Crippen molar-refractivity contribution in [3.63, 3.8) is 0 Å². The first kappa shape index (κ1) is 18.3. The van der Waals surface area contributed by atoms with Crippen molar-refractivity contribution in [3.8, 4) is 0 Å². The van der Waals surface area contributed by atoms with Gasteiger partial charge in [0.05, 0.1) is 15.6 Å². The Morgan fingerprint density at radius 2 is 1.50 bits per heavy atom. The summed E-state index contributed by atoms with van der Waals surface area (Å²) in [4.78, 5) is 12.4. The summed E-state index contributed by atoms with van der Waals surface area (Å²) in [5.41, 5.74) is 3.21. The van der Waals surface area contributed by atoms with Crippen molar-refractivity contribution in [2.75, 3.05) is 10.6 Å². The van der Waals surface area contributed by atoms with E-state index in [1.165, 1.54) is 5.56 Å². The van der Waals surface area contributed by atoms with Gasteiger partial charge in [0.25, 0.3) is 5.91 Å². The number of carbonyl (C=O) groups is 1. The van der Waals surface area contributed by atoms with Gasteiger partial charge in [-0.25, -0.2) is 0 Å². The van der Waals surface area contributed by atoms with Crippen LogP contribution in [-0.2, 0) is 0 Å². The lowest BCUT2D eigenvalue weighted by molar-refractivity contribution is 0.102. The van der Waals surface area contributed by atoms with Gasteiger partial charge < -0.3 is 10.6 Å². The van der Waals surface area contributed by atoms with Crippen molar-refractivity contribution in [1.82, 2.24) is 0 Å². The Kier molecular flexibility index (Phi) is 5.82. The summed E-state index contributed by atoms with van der Waals surface area (Å²) in [7, 11) is 0. The van der Waals surface area contributed by atoms with Gasteiger partial charge in [0.15, 0.2) is 0 Å². The number of anilines is 2. The Morgan fingerprint density at radius 1 is 0.846 bits per heavy atom. The smallest absolute Gasteiger partial charge is 0.257 e. The predicted molar refractivity (Wildman–Crippen MR) is 109 cm³/mol. The Balaban J connectivity index is 1.66. The van der Waals surface area contributed by atoms with Gasteiger partial charge in [0.2, 0.25) is 0 Å². The van der Waals surface area contributed by atoms with Crippen LogP contribution in [0.5, 0.6) is 0 Å². The molecule has 26 heavy (non-hydrogen) atoms. The second-order valence-electron chi connectivity index (χ2n) is 5.91. The summed E-state index contributed by atoms with van der Waals surface area (Å²) in [6.07, 6.45) is 0. The third-order valence-electron chi connectivity index (χ3n) is 4.02. The van der Waals surface area contributed by atoms with Crippen LogP contribution in [0.2, 0.25) is 10.0 Å². The molecule has 0 bridgehead atoms. The molecular weight excluding hydrogens is 367 g/mol. The van der Waals surface area contributed by atoms with E-state index >= 15 is 0 Å². The molecule has 3 aromatic carbocycles. The van der Waals surface area contributed by atoms with E-state index in [1.807, 2.05) is 42.5 Å². The first-order chi connectivity index (χ1) is 12.5. The van der Waals surface area contributed by atoms with Gasteiger partial charge in [0, 0.05) is 17.4 Å². The largest absolute Gasteiger partial charge is 0.379 e. The number of nitrogens with one attached hydrogen (secondary N) is 2. The summed E-state index contributed by atoms with van der Waals surface area (Å²) in [6.45, 7) is 2.10. The SMILES string of the molecule is CC(Nc1ccc(NC(=O)c2cccc(Cl)c2Cl)cc1)c1ccccc1. The molecule has 0 spiro atoms. The lowest BCUT2D eigenvalue weighted by atomic mass is 10.1. The zero-order chi connectivity index (χ0) is 18.5. The molecule has 3 nitrogen and oxygen atoms in total. The molecule has 0 aliphatic rings. The van der Waals surface area contributed by atoms with E-state index in [2.05, 4.69) is 29.7 Å². The Bertz CT molecular complexity index is 896. The zero-order valence-corrected chi connectivity index (χ0v) is 15.7. The van der Waals surface area contributed by atoms with Crippen LogP contribution in [0.15, 0.2) is 72.8 Å². The van der Waals surface area contributed by atoms with Crippen molar-refractivity contribution in [2.45, 2.75) is 13.0 Å². The molecule has 3 aromatic rings. The highest BCUT2D eigenvalue weighted by Crippen LogP contribution is 2.26. The average Bonchev–Trinajstić information content (AvgIpc) is 2.66. The second kappa shape index (κ2) is 8.26. The molecule has 0 radical (unpaired) electrons. The van der Waals surface area contributed by atoms with E-state index in [4.69, 9.17) is 23.2 Å². The quantitative estimate of drug-likeness (QED) is 0.532.